The van der Waals surface area contributed by atoms with E-state index in [9.17, 15) is 5.11 Å². The van der Waals surface area contributed by atoms with Crippen LogP contribution in [0.25, 0.3) is 0 Å². The summed E-state index contributed by atoms with van der Waals surface area (Å²) >= 11 is 0. The number of aliphatic imine (C=N–C) groups is 1. The molecule has 1 aromatic carbocycles. The Balaban J connectivity index is 0.00000392. The van der Waals surface area contributed by atoms with Crippen molar-refractivity contribution in [2.75, 3.05) is 19.6 Å². The first-order chi connectivity index (χ1) is 12.6. The Labute approximate surface area is 185 Å². The van der Waals surface area contributed by atoms with Crippen molar-refractivity contribution in [3.05, 3.63) is 53.3 Å². The maximum absolute atomic E-state index is 10.7. The van der Waals surface area contributed by atoms with Gasteiger partial charge < -0.3 is 15.7 Å². The molecule has 1 atom stereocenters. The summed E-state index contributed by atoms with van der Waals surface area (Å²) in [4.78, 5) is 4.75. The smallest absolute Gasteiger partial charge is 0.191 e. The molecule has 1 unspecified atom stereocenters. The molecule has 1 heterocycles. The van der Waals surface area contributed by atoms with Crippen molar-refractivity contribution in [3.63, 3.8) is 0 Å². The van der Waals surface area contributed by atoms with Crippen LogP contribution < -0.4 is 10.6 Å². The van der Waals surface area contributed by atoms with E-state index in [0.717, 1.165) is 12.1 Å². The molecule has 3 N–H and O–H groups in total. The molecule has 0 aliphatic heterocycles. The van der Waals surface area contributed by atoms with Crippen LogP contribution in [0.3, 0.4) is 0 Å². The molecule has 0 saturated carbocycles. The lowest BCUT2D eigenvalue weighted by molar-refractivity contribution is 0.0616. The van der Waals surface area contributed by atoms with E-state index in [-0.39, 0.29) is 29.4 Å². The molecule has 6 nitrogen and oxygen atoms in total. The summed E-state index contributed by atoms with van der Waals surface area (Å²) in [6.07, 6.45) is 3.51. The maximum atomic E-state index is 10.7. The predicted molar refractivity (Wildman–Crippen MR) is 126 cm³/mol. The second-order valence-electron chi connectivity index (χ2n) is 7.98. The summed E-state index contributed by atoms with van der Waals surface area (Å²) in [5.41, 5.74) is 2.17. The monoisotopic (exact) mass is 499 g/mol. The Hall–Kier alpha value is -1.61. The first kappa shape index (κ1) is 24.4. The molecule has 0 fully saturated rings. The molecule has 0 bridgehead atoms. The van der Waals surface area contributed by atoms with Gasteiger partial charge in [0.2, 0.25) is 0 Å². The zero-order valence-electron chi connectivity index (χ0n) is 17.8. The fraction of sp³-hybridized carbons (Fsp3) is 0.524. The highest BCUT2D eigenvalue weighted by Crippen LogP contribution is 2.24. The van der Waals surface area contributed by atoms with Crippen molar-refractivity contribution in [3.8, 4) is 0 Å². The van der Waals surface area contributed by atoms with E-state index in [1.165, 1.54) is 11.1 Å². The standard InChI is InChI=1S/C21H33N5O.HI/c1-7-22-19(24-15-21(5,27)18-12-25-26(6)13-18)23-14-20(3,4)17-10-8-16(2)9-11-17;/h8-13,27H,7,14-15H2,1-6H3,(H2,22,23,24);1H. The van der Waals surface area contributed by atoms with E-state index >= 15 is 0 Å². The van der Waals surface area contributed by atoms with Crippen LogP contribution in [-0.4, -0.2) is 40.5 Å². The van der Waals surface area contributed by atoms with Gasteiger partial charge in [-0.3, -0.25) is 9.67 Å². The molecule has 0 aliphatic carbocycles. The first-order valence-electron chi connectivity index (χ1n) is 9.45. The summed E-state index contributed by atoms with van der Waals surface area (Å²) < 4.78 is 1.69. The van der Waals surface area contributed by atoms with Crippen LogP contribution in [0.4, 0.5) is 0 Å². The zero-order valence-corrected chi connectivity index (χ0v) is 20.1. The van der Waals surface area contributed by atoms with E-state index in [2.05, 4.69) is 60.8 Å². The first-order valence-corrected chi connectivity index (χ1v) is 9.45. The number of nitrogens with one attached hydrogen (secondary N) is 2. The highest BCUT2D eigenvalue weighted by Gasteiger charge is 2.25. The van der Waals surface area contributed by atoms with Crippen molar-refractivity contribution in [1.82, 2.24) is 20.4 Å². The molecule has 2 rings (SSSR count). The summed E-state index contributed by atoms with van der Waals surface area (Å²) in [6.45, 7) is 12.0. The molecule has 0 amide bonds. The summed E-state index contributed by atoms with van der Waals surface area (Å²) in [6, 6.07) is 8.60. The van der Waals surface area contributed by atoms with Gasteiger partial charge in [0.25, 0.3) is 0 Å². The van der Waals surface area contributed by atoms with Crippen molar-refractivity contribution in [2.45, 2.75) is 45.6 Å². The number of aromatic nitrogens is 2. The number of rotatable bonds is 7. The highest BCUT2D eigenvalue weighted by molar-refractivity contribution is 14.0. The molecule has 0 saturated heterocycles. The van der Waals surface area contributed by atoms with Gasteiger partial charge in [-0.1, -0.05) is 43.7 Å². The number of hydrogen-bond donors (Lipinski definition) is 3. The number of guanidine groups is 1. The second-order valence-corrected chi connectivity index (χ2v) is 7.98. The Morgan fingerprint density at radius 2 is 1.79 bits per heavy atom. The van der Waals surface area contributed by atoms with Crippen molar-refractivity contribution >= 4 is 29.9 Å². The van der Waals surface area contributed by atoms with E-state index in [1.54, 1.807) is 17.8 Å². The number of nitrogens with zero attached hydrogens (tertiary/aromatic N) is 3. The maximum Gasteiger partial charge on any atom is 0.191 e. The van der Waals surface area contributed by atoms with Crippen molar-refractivity contribution in [2.24, 2.45) is 12.0 Å². The molecule has 0 radical (unpaired) electrons. The molecule has 0 aliphatic rings. The van der Waals surface area contributed by atoms with E-state index in [1.807, 2.05) is 20.2 Å². The summed E-state index contributed by atoms with van der Waals surface area (Å²) in [5, 5.41) is 21.4. The van der Waals surface area contributed by atoms with Crippen LogP contribution in [-0.2, 0) is 18.1 Å². The molecule has 156 valence electrons. The minimum absolute atomic E-state index is 0. The molecule has 7 heteroatoms. The third-order valence-corrected chi connectivity index (χ3v) is 4.74. The SMILES string of the molecule is CCNC(=NCC(C)(C)c1ccc(C)cc1)NCC(C)(O)c1cnn(C)c1.I. The molecule has 0 spiro atoms. The fourth-order valence-corrected chi connectivity index (χ4v) is 2.77. The Morgan fingerprint density at radius 3 is 2.32 bits per heavy atom. The van der Waals surface area contributed by atoms with Gasteiger partial charge in [0.15, 0.2) is 5.96 Å². The van der Waals surface area contributed by atoms with Crippen LogP contribution in [0, 0.1) is 6.92 Å². The fourth-order valence-electron chi connectivity index (χ4n) is 2.77. The zero-order chi connectivity index (χ0) is 20.1. The van der Waals surface area contributed by atoms with Gasteiger partial charge >= 0.3 is 0 Å². The van der Waals surface area contributed by atoms with Crippen LogP contribution in [0.5, 0.6) is 0 Å². The molecular weight excluding hydrogens is 465 g/mol. The predicted octanol–water partition coefficient (Wildman–Crippen LogP) is 3.09. The van der Waals surface area contributed by atoms with Gasteiger partial charge in [0.1, 0.15) is 5.60 Å². The average molecular weight is 499 g/mol. The quantitative estimate of drug-likeness (QED) is 0.311. The number of halogens is 1. The lowest BCUT2D eigenvalue weighted by atomic mass is 9.84. The summed E-state index contributed by atoms with van der Waals surface area (Å²) in [7, 11) is 1.84. The number of aryl methyl sites for hydroxylation is 2. The Kier molecular flexibility index (Phi) is 8.94. The second kappa shape index (κ2) is 10.2. The lowest BCUT2D eigenvalue weighted by Gasteiger charge is -2.26. The third-order valence-electron chi connectivity index (χ3n) is 4.74. The highest BCUT2D eigenvalue weighted by atomic mass is 127. The van der Waals surface area contributed by atoms with Crippen LogP contribution >= 0.6 is 24.0 Å². The average Bonchev–Trinajstić information content (AvgIpc) is 3.05. The van der Waals surface area contributed by atoms with Crippen LogP contribution in [0.2, 0.25) is 0 Å². The van der Waals surface area contributed by atoms with Gasteiger partial charge in [0, 0.05) is 30.8 Å². The molecule has 2 aromatic rings. The van der Waals surface area contributed by atoms with Crippen molar-refractivity contribution < 1.29 is 5.11 Å². The minimum atomic E-state index is -1.03. The minimum Gasteiger partial charge on any atom is -0.383 e. The number of benzene rings is 1. The van der Waals surface area contributed by atoms with E-state index in [0.29, 0.717) is 19.0 Å². The number of hydrogen-bond acceptors (Lipinski definition) is 3. The molecule has 1 aromatic heterocycles. The molecule has 28 heavy (non-hydrogen) atoms. The lowest BCUT2D eigenvalue weighted by Crippen LogP contribution is -2.45. The van der Waals surface area contributed by atoms with Gasteiger partial charge in [0.05, 0.1) is 19.3 Å². The third kappa shape index (κ3) is 6.77. The van der Waals surface area contributed by atoms with Gasteiger partial charge in [-0.05, 0) is 26.3 Å². The van der Waals surface area contributed by atoms with Gasteiger partial charge in [-0.2, -0.15) is 5.10 Å². The molecular formula is C21H34IN5O. The Bertz CT molecular complexity index is 765. The summed E-state index contributed by atoms with van der Waals surface area (Å²) in [5.74, 6) is 0.696. The van der Waals surface area contributed by atoms with Gasteiger partial charge in [-0.15, -0.1) is 24.0 Å². The number of aliphatic hydroxyl groups is 1. The normalized spacial score (nSPS) is 14.2. The van der Waals surface area contributed by atoms with E-state index in [4.69, 9.17) is 4.99 Å². The Morgan fingerprint density at radius 1 is 1.14 bits per heavy atom. The van der Waals surface area contributed by atoms with E-state index < -0.39 is 5.60 Å². The topological polar surface area (TPSA) is 74.5 Å². The largest absolute Gasteiger partial charge is 0.383 e. The van der Waals surface area contributed by atoms with Crippen LogP contribution in [0.1, 0.15) is 44.4 Å². The van der Waals surface area contributed by atoms with Crippen molar-refractivity contribution in [1.29, 1.82) is 0 Å². The van der Waals surface area contributed by atoms with Gasteiger partial charge in [-0.25, -0.2) is 0 Å². The van der Waals surface area contributed by atoms with Crippen LogP contribution in [0.15, 0.2) is 41.7 Å².